The van der Waals surface area contributed by atoms with Gasteiger partial charge in [-0.3, -0.25) is 0 Å². The molecule has 1 saturated heterocycles. The first-order valence-corrected chi connectivity index (χ1v) is 9.24. The lowest BCUT2D eigenvalue weighted by Crippen LogP contribution is -2.65. The summed E-state index contributed by atoms with van der Waals surface area (Å²) in [5.41, 5.74) is 0.0212. The van der Waals surface area contributed by atoms with Crippen LogP contribution >= 0.6 is 0 Å². The molecule has 0 spiro atoms. The van der Waals surface area contributed by atoms with Crippen molar-refractivity contribution in [2.45, 2.75) is 58.2 Å². The maximum Gasteiger partial charge on any atom is 0.476 e. The molecule has 3 saturated carbocycles. The van der Waals surface area contributed by atoms with Crippen LogP contribution in [0.2, 0.25) is 0 Å². The quantitative estimate of drug-likeness (QED) is 0.795. The van der Waals surface area contributed by atoms with E-state index in [1.54, 1.807) is 6.92 Å². The van der Waals surface area contributed by atoms with Crippen LogP contribution in [-0.4, -0.2) is 39.4 Å². The fourth-order valence-electron chi connectivity index (χ4n) is 4.51. The van der Waals surface area contributed by atoms with E-state index in [1.807, 2.05) is 0 Å². The Kier molecular flexibility index (Phi) is 3.12. The Morgan fingerprint density at radius 2 is 1.95 bits per heavy atom. The van der Waals surface area contributed by atoms with Crippen molar-refractivity contribution in [1.82, 2.24) is 4.72 Å². The zero-order valence-electron chi connectivity index (χ0n) is 12.8. The average Bonchev–Trinajstić information content (AvgIpc) is 2.63. The lowest BCUT2D eigenvalue weighted by Gasteiger charge is -2.64. The maximum atomic E-state index is 11.3. The van der Waals surface area contributed by atoms with Crippen molar-refractivity contribution < 1.29 is 17.7 Å². The largest absolute Gasteiger partial charge is 0.476 e. The lowest BCUT2D eigenvalue weighted by atomic mass is 9.43. The molecule has 4 fully saturated rings. The van der Waals surface area contributed by atoms with Gasteiger partial charge in [0.15, 0.2) is 0 Å². The topological polar surface area (TPSA) is 64.6 Å². The zero-order valence-corrected chi connectivity index (χ0v) is 13.7. The summed E-state index contributed by atoms with van der Waals surface area (Å²) in [6.07, 6.45) is 3.47. The van der Waals surface area contributed by atoms with Gasteiger partial charge >= 0.3 is 7.12 Å². The van der Waals surface area contributed by atoms with E-state index in [9.17, 15) is 8.42 Å². The van der Waals surface area contributed by atoms with Gasteiger partial charge in [0, 0.05) is 0 Å². The normalized spacial score (nSPS) is 43.9. The molecule has 5 atom stereocenters. The number of hydrogen-bond donors (Lipinski definition) is 1. The van der Waals surface area contributed by atoms with E-state index in [1.165, 1.54) is 6.42 Å². The van der Waals surface area contributed by atoms with E-state index in [0.29, 0.717) is 17.3 Å². The van der Waals surface area contributed by atoms with E-state index in [4.69, 9.17) is 9.31 Å². The van der Waals surface area contributed by atoms with E-state index >= 15 is 0 Å². The summed E-state index contributed by atoms with van der Waals surface area (Å²) in [7, 11) is -3.74. The highest BCUT2D eigenvalue weighted by atomic mass is 32.2. The van der Waals surface area contributed by atoms with Crippen LogP contribution in [0.15, 0.2) is 0 Å². The standard InChI is InChI=1S/C13H24BNO4S/c1-8(15-20(5,16)17)14-18-11-7-9-6-10(12(9,2)3)13(11,4)19-14/h8-11,15H,6-7H2,1-5H3/t8-,9?,10?,11?,13-/m0/s1. The molecule has 0 aromatic carbocycles. The van der Waals surface area contributed by atoms with Crippen molar-refractivity contribution in [1.29, 1.82) is 0 Å². The molecule has 0 radical (unpaired) electrons. The summed E-state index contributed by atoms with van der Waals surface area (Å²) < 4.78 is 37.5. The van der Waals surface area contributed by atoms with Gasteiger partial charge in [0.05, 0.1) is 23.9 Å². The molecule has 0 amide bonds. The molecular weight excluding hydrogens is 277 g/mol. The van der Waals surface area contributed by atoms with Crippen LogP contribution in [0, 0.1) is 17.3 Å². The first-order valence-electron chi connectivity index (χ1n) is 7.34. The third-order valence-electron chi connectivity index (χ3n) is 5.78. The Hall–Kier alpha value is -0.105. The van der Waals surface area contributed by atoms with Gasteiger partial charge in [-0.25, -0.2) is 13.1 Å². The van der Waals surface area contributed by atoms with Crippen molar-refractivity contribution in [3.8, 4) is 0 Å². The molecule has 2 bridgehead atoms. The Bertz CT molecular complexity index is 522. The highest BCUT2D eigenvalue weighted by Gasteiger charge is 2.68. The highest BCUT2D eigenvalue weighted by molar-refractivity contribution is 7.88. The zero-order chi connectivity index (χ0) is 14.9. The lowest BCUT2D eigenvalue weighted by molar-refractivity contribution is -0.199. The minimum Gasteiger partial charge on any atom is -0.404 e. The van der Waals surface area contributed by atoms with E-state index in [2.05, 4.69) is 25.5 Å². The molecule has 3 unspecified atom stereocenters. The Balaban J connectivity index is 1.76. The molecule has 3 aliphatic carbocycles. The number of sulfonamides is 1. The monoisotopic (exact) mass is 301 g/mol. The molecule has 114 valence electrons. The number of hydrogen-bond acceptors (Lipinski definition) is 4. The SMILES string of the molecule is C[C@H](NS(C)(=O)=O)B1OC2CC3CC(C3(C)C)[C@]2(C)O1. The summed E-state index contributed by atoms with van der Waals surface area (Å²) in [5, 5.41) is 0. The van der Waals surface area contributed by atoms with Crippen LogP contribution in [0.25, 0.3) is 0 Å². The highest BCUT2D eigenvalue weighted by Crippen LogP contribution is 2.65. The van der Waals surface area contributed by atoms with Crippen LogP contribution in [0.5, 0.6) is 0 Å². The van der Waals surface area contributed by atoms with Crippen LogP contribution in [-0.2, 0) is 19.3 Å². The van der Waals surface area contributed by atoms with Crippen molar-refractivity contribution in [3.05, 3.63) is 0 Å². The van der Waals surface area contributed by atoms with Gasteiger partial charge in [-0.05, 0) is 37.0 Å². The first-order chi connectivity index (χ1) is 9.04. The second-order valence-electron chi connectivity index (χ2n) is 7.52. The molecule has 1 aliphatic heterocycles. The van der Waals surface area contributed by atoms with Gasteiger partial charge < -0.3 is 9.31 Å². The smallest absolute Gasteiger partial charge is 0.404 e. The summed E-state index contributed by atoms with van der Waals surface area (Å²) >= 11 is 0. The molecule has 5 nitrogen and oxygen atoms in total. The third kappa shape index (κ3) is 2.05. The second kappa shape index (κ2) is 4.21. The van der Waals surface area contributed by atoms with Crippen LogP contribution in [0.4, 0.5) is 0 Å². The number of rotatable bonds is 3. The van der Waals surface area contributed by atoms with Crippen LogP contribution in [0.3, 0.4) is 0 Å². The average molecular weight is 301 g/mol. The van der Waals surface area contributed by atoms with Crippen molar-refractivity contribution in [2.24, 2.45) is 17.3 Å². The van der Waals surface area contributed by atoms with Gasteiger partial charge in [-0.15, -0.1) is 0 Å². The predicted octanol–water partition coefficient (Wildman–Crippen LogP) is 1.19. The number of nitrogens with one attached hydrogen (secondary N) is 1. The summed E-state index contributed by atoms with van der Waals surface area (Å²) in [4.78, 5) is 0. The van der Waals surface area contributed by atoms with Crippen LogP contribution in [0.1, 0.15) is 40.5 Å². The molecule has 1 N–H and O–H groups in total. The summed E-state index contributed by atoms with van der Waals surface area (Å²) in [5.74, 6) is 0.827. The van der Waals surface area contributed by atoms with Gasteiger partial charge in [0.1, 0.15) is 0 Å². The van der Waals surface area contributed by atoms with E-state index < -0.39 is 17.1 Å². The molecule has 1 heterocycles. The van der Waals surface area contributed by atoms with E-state index in [0.717, 1.165) is 12.7 Å². The molecule has 4 rings (SSSR count). The Labute approximate surface area is 122 Å². The summed E-state index contributed by atoms with van der Waals surface area (Å²) in [6, 6.07) is 0. The van der Waals surface area contributed by atoms with Crippen molar-refractivity contribution in [2.75, 3.05) is 6.26 Å². The summed E-state index contributed by atoms with van der Waals surface area (Å²) in [6.45, 7) is 8.54. The van der Waals surface area contributed by atoms with Crippen molar-refractivity contribution >= 4 is 17.1 Å². The second-order valence-corrected chi connectivity index (χ2v) is 9.30. The fraction of sp³-hybridized carbons (Fsp3) is 1.00. The molecular formula is C13H24BNO4S. The minimum atomic E-state index is -3.25. The van der Waals surface area contributed by atoms with Gasteiger partial charge in [0.25, 0.3) is 0 Å². The van der Waals surface area contributed by atoms with Crippen LogP contribution < -0.4 is 4.72 Å². The van der Waals surface area contributed by atoms with Gasteiger partial charge in [-0.1, -0.05) is 20.8 Å². The van der Waals surface area contributed by atoms with E-state index in [-0.39, 0.29) is 17.6 Å². The molecule has 0 aromatic rings. The van der Waals surface area contributed by atoms with Crippen molar-refractivity contribution in [3.63, 3.8) is 0 Å². The molecule has 20 heavy (non-hydrogen) atoms. The Morgan fingerprint density at radius 1 is 1.30 bits per heavy atom. The van der Waals surface area contributed by atoms with Gasteiger partial charge in [0.2, 0.25) is 10.0 Å². The van der Waals surface area contributed by atoms with Gasteiger partial charge in [-0.2, -0.15) is 0 Å². The molecule has 7 heteroatoms. The third-order valence-corrected chi connectivity index (χ3v) is 6.58. The Morgan fingerprint density at radius 3 is 2.50 bits per heavy atom. The predicted molar refractivity (Wildman–Crippen MR) is 77.6 cm³/mol. The maximum absolute atomic E-state index is 11.3. The first kappa shape index (κ1) is 14.8. The fourth-order valence-corrected chi connectivity index (χ4v) is 5.29. The molecule has 0 aromatic heterocycles. The molecule has 4 aliphatic rings. The minimum absolute atomic E-state index is 0.0908.